The Balaban J connectivity index is 1.34. The number of carbonyl (C=O) groups is 1. The average Bonchev–Trinajstić information content (AvgIpc) is 3.25. The first-order valence-electron chi connectivity index (χ1n) is 9.69. The molecule has 0 aliphatic rings. The van der Waals surface area contributed by atoms with E-state index in [1.807, 2.05) is 66.0 Å². The second-order valence-electron chi connectivity index (χ2n) is 6.87. The van der Waals surface area contributed by atoms with Crippen LogP contribution in [0.4, 0.5) is 5.13 Å². The van der Waals surface area contributed by atoms with Crippen molar-refractivity contribution in [3.05, 3.63) is 82.9 Å². The van der Waals surface area contributed by atoms with Crippen LogP contribution in [-0.2, 0) is 11.5 Å². The van der Waals surface area contributed by atoms with Crippen LogP contribution in [0.2, 0.25) is 0 Å². The number of aromatic nitrogens is 1. The summed E-state index contributed by atoms with van der Waals surface area (Å²) in [6.07, 6.45) is 0. The van der Waals surface area contributed by atoms with Crippen LogP contribution in [0, 0.1) is 0 Å². The maximum Gasteiger partial charge on any atom is 0.257 e. The summed E-state index contributed by atoms with van der Waals surface area (Å²) in [6.45, 7) is 0. The third kappa shape index (κ3) is 5.37. The number of anilines is 1. The fraction of sp³-hybridized carbons (Fsp3) is 0.167. The molecule has 7 heteroatoms. The highest BCUT2D eigenvalue weighted by atomic mass is 32.2. The van der Waals surface area contributed by atoms with Crippen LogP contribution < -0.4 is 14.8 Å². The molecule has 0 saturated carbocycles. The Morgan fingerprint density at radius 3 is 2.45 bits per heavy atom. The smallest absolute Gasteiger partial charge is 0.257 e. The number of methoxy groups -OCH3 is 2. The summed E-state index contributed by atoms with van der Waals surface area (Å²) < 4.78 is 10.6. The SMILES string of the molecule is COc1cc(CSCc2csc(NC(=O)c3ccc4ccccc4c3)n2)cc(OC)c1. The number of amides is 1. The van der Waals surface area contributed by atoms with Crippen molar-refractivity contribution < 1.29 is 14.3 Å². The molecule has 0 fully saturated rings. The van der Waals surface area contributed by atoms with Gasteiger partial charge >= 0.3 is 0 Å². The Labute approximate surface area is 189 Å². The Hall–Kier alpha value is -3.03. The molecule has 1 heterocycles. The van der Waals surface area contributed by atoms with Crippen LogP contribution >= 0.6 is 23.1 Å². The molecule has 0 spiro atoms. The maximum atomic E-state index is 12.6. The number of ether oxygens (including phenoxy) is 2. The molecule has 158 valence electrons. The van der Waals surface area contributed by atoms with Gasteiger partial charge in [0.1, 0.15) is 11.5 Å². The predicted molar refractivity (Wildman–Crippen MR) is 129 cm³/mol. The minimum Gasteiger partial charge on any atom is -0.497 e. The molecule has 3 aromatic carbocycles. The Kier molecular flexibility index (Phi) is 6.74. The van der Waals surface area contributed by atoms with Crippen LogP contribution in [0.15, 0.2) is 66.0 Å². The van der Waals surface area contributed by atoms with Gasteiger partial charge in [-0.15, -0.1) is 11.3 Å². The van der Waals surface area contributed by atoms with Crippen molar-refractivity contribution in [3.8, 4) is 11.5 Å². The van der Waals surface area contributed by atoms with Crippen molar-refractivity contribution in [2.75, 3.05) is 19.5 Å². The Morgan fingerprint density at radius 2 is 1.71 bits per heavy atom. The molecule has 0 atom stereocenters. The Morgan fingerprint density at radius 1 is 0.968 bits per heavy atom. The summed E-state index contributed by atoms with van der Waals surface area (Å²) in [5.74, 6) is 2.97. The van der Waals surface area contributed by atoms with Crippen molar-refractivity contribution in [3.63, 3.8) is 0 Å². The average molecular weight is 451 g/mol. The van der Waals surface area contributed by atoms with E-state index < -0.39 is 0 Å². The van der Waals surface area contributed by atoms with E-state index in [-0.39, 0.29) is 5.91 Å². The molecule has 5 nitrogen and oxygen atoms in total. The summed E-state index contributed by atoms with van der Waals surface area (Å²) in [6, 6.07) is 19.6. The first-order chi connectivity index (χ1) is 15.1. The predicted octanol–water partition coefficient (Wildman–Crippen LogP) is 6.00. The van der Waals surface area contributed by atoms with Gasteiger partial charge in [-0.2, -0.15) is 11.8 Å². The molecule has 31 heavy (non-hydrogen) atoms. The van der Waals surface area contributed by atoms with E-state index in [1.54, 1.807) is 26.0 Å². The largest absolute Gasteiger partial charge is 0.497 e. The standard InChI is InChI=1S/C24H22N2O3S2/c1-28-21-9-16(10-22(12-21)29-2)13-30-14-20-15-31-24(25-20)26-23(27)19-8-7-17-5-3-4-6-18(17)11-19/h3-12,15H,13-14H2,1-2H3,(H,25,26,27). The quantitative estimate of drug-likeness (QED) is 0.357. The second-order valence-corrected chi connectivity index (χ2v) is 8.72. The lowest BCUT2D eigenvalue weighted by molar-refractivity contribution is 0.102. The maximum absolute atomic E-state index is 12.6. The summed E-state index contributed by atoms with van der Waals surface area (Å²) in [5.41, 5.74) is 2.69. The molecule has 4 aromatic rings. The van der Waals surface area contributed by atoms with Crippen LogP contribution in [0.3, 0.4) is 0 Å². The highest BCUT2D eigenvalue weighted by Crippen LogP contribution is 2.27. The first kappa shape index (κ1) is 21.2. The minimum absolute atomic E-state index is 0.150. The van der Waals surface area contributed by atoms with Gasteiger partial charge in [0.05, 0.1) is 19.9 Å². The van der Waals surface area contributed by atoms with Gasteiger partial charge in [-0.3, -0.25) is 10.1 Å². The normalized spacial score (nSPS) is 10.8. The monoisotopic (exact) mass is 450 g/mol. The van der Waals surface area contributed by atoms with Crippen molar-refractivity contribution >= 4 is 44.9 Å². The van der Waals surface area contributed by atoms with Crippen molar-refractivity contribution in [2.45, 2.75) is 11.5 Å². The highest BCUT2D eigenvalue weighted by molar-refractivity contribution is 7.97. The molecule has 0 unspecified atom stereocenters. The van der Waals surface area contributed by atoms with Crippen LogP contribution in [0.25, 0.3) is 10.8 Å². The molecule has 1 amide bonds. The lowest BCUT2D eigenvalue weighted by Gasteiger charge is -2.08. The van der Waals surface area contributed by atoms with Crippen LogP contribution in [0.1, 0.15) is 21.6 Å². The third-order valence-corrected chi connectivity index (χ3v) is 6.56. The molecule has 0 bridgehead atoms. The van der Waals surface area contributed by atoms with E-state index in [4.69, 9.17) is 9.47 Å². The number of rotatable bonds is 8. The molecule has 0 aliphatic heterocycles. The van der Waals surface area contributed by atoms with Gasteiger partial charge in [-0.25, -0.2) is 4.98 Å². The molecule has 1 aromatic heterocycles. The van der Waals surface area contributed by atoms with Gasteiger partial charge in [-0.1, -0.05) is 30.3 Å². The Bertz CT molecular complexity index is 1180. The zero-order valence-corrected chi connectivity index (χ0v) is 18.9. The van der Waals surface area contributed by atoms with E-state index >= 15 is 0 Å². The lowest BCUT2D eigenvalue weighted by Crippen LogP contribution is -2.11. The highest BCUT2D eigenvalue weighted by Gasteiger charge is 2.10. The van der Waals surface area contributed by atoms with Gasteiger partial charge < -0.3 is 9.47 Å². The number of hydrogen-bond donors (Lipinski definition) is 1. The molecule has 0 saturated heterocycles. The number of benzene rings is 3. The zero-order chi connectivity index (χ0) is 21.6. The molecule has 4 rings (SSSR count). The third-order valence-electron chi connectivity index (χ3n) is 4.71. The fourth-order valence-electron chi connectivity index (χ4n) is 3.15. The van der Waals surface area contributed by atoms with Gasteiger partial charge in [0.15, 0.2) is 5.13 Å². The van der Waals surface area contributed by atoms with Gasteiger partial charge in [0, 0.05) is 28.5 Å². The van der Waals surface area contributed by atoms with Crippen molar-refractivity contribution in [2.24, 2.45) is 0 Å². The van der Waals surface area contributed by atoms with E-state index in [9.17, 15) is 4.79 Å². The molecule has 0 radical (unpaired) electrons. The number of fused-ring (bicyclic) bond motifs is 1. The van der Waals surface area contributed by atoms with Gasteiger partial charge in [-0.05, 0) is 40.6 Å². The van der Waals surface area contributed by atoms with Gasteiger partial charge in [0.25, 0.3) is 5.91 Å². The summed E-state index contributed by atoms with van der Waals surface area (Å²) in [5, 5.41) is 7.65. The van der Waals surface area contributed by atoms with Crippen molar-refractivity contribution in [1.29, 1.82) is 0 Å². The van der Waals surface area contributed by atoms with Crippen LogP contribution in [-0.4, -0.2) is 25.1 Å². The zero-order valence-electron chi connectivity index (χ0n) is 17.3. The van der Waals surface area contributed by atoms with E-state index in [0.717, 1.165) is 45.0 Å². The number of thiazole rings is 1. The fourth-order valence-corrected chi connectivity index (χ4v) is 4.83. The van der Waals surface area contributed by atoms with E-state index in [1.165, 1.54) is 11.3 Å². The lowest BCUT2D eigenvalue weighted by atomic mass is 10.1. The molecular formula is C24H22N2O3S2. The number of nitrogens with zero attached hydrogens (tertiary/aromatic N) is 1. The van der Waals surface area contributed by atoms with E-state index in [2.05, 4.69) is 10.3 Å². The van der Waals surface area contributed by atoms with Crippen LogP contribution in [0.5, 0.6) is 11.5 Å². The second kappa shape index (κ2) is 9.85. The summed E-state index contributed by atoms with van der Waals surface area (Å²) in [4.78, 5) is 17.2. The molecule has 0 aliphatic carbocycles. The first-order valence-corrected chi connectivity index (χ1v) is 11.7. The molecular weight excluding hydrogens is 428 g/mol. The van der Waals surface area contributed by atoms with Gasteiger partial charge in [0.2, 0.25) is 0 Å². The number of nitrogens with one attached hydrogen (secondary N) is 1. The number of hydrogen-bond acceptors (Lipinski definition) is 6. The number of carbonyl (C=O) groups excluding carboxylic acids is 1. The molecule has 1 N–H and O–H groups in total. The number of thioether (sulfide) groups is 1. The summed E-state index contributed by atoms with van der Waals surface area (Å²) in [7, 11) is 3.30. The summed E-state index contributed by atoms with van der Waals surface area (Å²) >= 11 is 3.19. The van der Waals surface area contributed by atoms with Crippen molar-refractivity contribution in [1.82, 2.24) is 4.98 Å². The van der Waals surface area contributed by atoms with E-state index in [0.29, 0.717) is 10.7 Å². The topological polar surface area (TPSA) is 60.5 Å². The minimum atomic E-state index is -0.150.